The molecule has 1 aliphatic heterocycles. The Morgan fingerprint density at radius 2 is 2.00 bits per heavy atom. The van der Waals surface area contributed by atoms with Crippen LogP contribution in [0.1, 0.15) is 18.3 Å². The van der Waals surface area contributed by atoms with Gasteiger partial charge in [-0.05, 0) is 26.0 Å². The lowest BCUT2D eigenvalue weighted by Gasteiger charge is -2.21. The highest BCUT2D eigenvalue weighted by atomic mass is 16.7. The molecule has 1 aromatic heterocycles. The van der Waals surface area contributed by atoms with Crippen molar-refractivity contribution in [2.45, 2.75) is 19.6 Å². The van der Waals surface area contributed by atoms with Gasteiger partial charge in [-0.1, -0.05) is 6.07 Å². The Morgan fingerprint density at radius 1 is 1.31 bits per heavy atom. The minimum atomic E-state index is -0.633. The van der Waals surface area contributed by atoms with Crippen LogP contribution in [0, 0.1) is 6.92 Å². The second-order valence-corrected chi connectivity index (χ2v) is 3.31. The SMILES string of the molecule is Cc1cccc(C2(C)OCCO2)n1. The zero-order valence-corrected chi connectivity index (χ0v) is 7.91. The third-order valence-electron chi connectivity index (χ3n) is 2.19. The monoisotopic (exact) mass is 179 g/mol. The third kappa shape index (κ3) is 1.57. The molecule has 70 valence electrons. The summed E-state index contributed by atoms with van der Waals surface area (Å²) in [6, 6.07) is 5.86. The Kier molecular flexibility index (Phi) is 2.06. The van der Waals surface area contributed by atoms with E-state index < -0.39 is 5.79 Å². The number of nitrogens with zero attached hydrogens (tertiary/aromatic N) is 1. The standard InChI is InChI=1S/C10H13NO2/c1-8-4-3-5-9(11-8)10(2)12-6-7-13-10/h3-5H,6-7H2,1-2H3. The molecule has 0 radical (unpaired) electrons. The van der Waals surface area contributed by atoms with Gasteiger partial charge in [0.1, 0.15) is 0 Å². The maximum Gasteiger partial charge on any atom is 0.209 e. The van der Waals surface area contributed by atoms with Crippen LogP contribution in [0.25, 0.3) is 0 Å². The van der Waals surface area contributed by atoms with Crippen molar-refractivity contribution in [2.24, 2.45) is 0 Å². The molecule has 0 saturated carbocycles. The van der Waals surface area contributed by atoms with Crippen molar-refractivity contribution in [1.82, 2.24) is 4.98 Å². The van der Waals surface area contributed by atoms with Gasteiger partial charge in [0.05, 0.1) is 18.9 Å². The van der Waals surface area contributed by atoms with E-state index in [1.807, 2.05) is 32.0 Å². The second-order valence-electron chi connectivity index (χ2n) is 3.31. The summed E-state index contributed by atoms with van der Waals surface area (Å²) < 4.78 is 11.0. The molecule has 0 unspecified atom stereocenters. The molecule has 0 N–H and O–H groups in total. The lowest BCUT2D eigenvalue weighted by atomic mass is 10.2. The normalized spacial score (nSPS) is 20.5. The van der Waals surface area contributed by atoms with Crippen LogP contribution < -0.4 is 0 Å². The van der Waals surface area contributed by atoms with Crippen LogP contribution in [-0.2, 0) is 15.3 Å². The fraction of sp³-hybridized carbons (Fsp3) is 0.500. The molecule has 3 nitrogen and oxygen atoms in total. The Bertz CT molecular complexity index is 306. The fourth-order valence-corrected chi connectivity index (χ4v) is 1.46. The van der Waals surface area contributed by atoms with Crippen LogP contribution in [0.5, 0.6) is 0 Å². The highest BCUT2D eigenvalue weighted by Gasteiger charge is 2.34. The largest absolute Gasteiger partial charge is 0.342 e. The van der Waals surface area contributed by atoms with Gasteiger partial charge in [0.25, 0.3) is 0 Å². The highest BCUT2D eigenvalue weighted by molar-refractivity contribution is 5.14. The molecule has 0 amide bonds. The summed E-state index contributed by atoms with van der Waals surface area (Å²) in [5, 5.41) is 0. The predicted octanol–water partition coefficient (Wildman–Crippen LogP) is 1.61. The van der Waals surface area contributed by atoms with E-state index >= 15 is 0 Å². The summed E-state index contributed by atoms with van der Waals surface area (Å²) >= 11 is 0. The van der Waals surface area contributed by atoms with Crippen LogP contribution in [0.4, 0.5) is 0 Å². The molecule has 1 saturated heterocycles. The average Bonchev–Trinajstić information content (AvgIpc) is 2.54. The van der Waals surface area contributed by atoms with E-state index in [0.717, 1.165) is 11.4 Å². The Balaban J connectivity index is 2.33. The smallest absolute Gasteiger partial charge is 0.209 e. The number of hydrogen-bond acceptors (Lipinski definition) is 3. The van der Waals surface area contributed by atoms with Crippen LogP contribution in [-0.4, -0.2) is 18.2 Å². The lowest BCUT2D eigenvalue weighted by molar-refractivity contribution is -0.152. The van der Waals surface area contributed by atoms with E-state index in [0.29, 0.717) is 13.2 Å². The molecule has 0 spiro atoms. The van der Waals surface area contributed by atoms with Gasteiger partial charge < -0.3 is 9.47 Å². The molecule has 3 heteroatoms. The van der Waals surface area contributed by atoms with Crippen molar-refractivity contribution in [3.8, 4) is 0 Å². The molecule has 13 heavy (non-hydrogen) atoms. The molecule has 2 heterocycles. The zero-order valence-electron chi connectivity index (χ0n) is 7.91. The first-order chi connectivity index (χ1) is 6.21. The highest BCUT2D eigenvalue weighted by Crippen LogP contribution is 2.29. The van der Waals surface area contributed by atoms with Crippen molar-refractivity contribution in [3.63, 3.8) is 0 Å². The van der Waals surface area contributed by atoms with Gasteiger partial charge in [-0.25, -0.2) is 0 Å². The van der Waals surface area contributed by atoms with E-state index in [1.54, 1.807) is 0 Å². The molecule has 0 aromatic carbocycles. The summed E-state index contributed by atoms with van der Waals surface area (Å²) in [5.74, 6) is -0.633. The fourth-order valence-electron chi connectivity index (χ4n) is 1.46. The van der Waals surface area contributed by atoms with Crippen LogP contribution >= 0.6 is 0 Å². The molecule has 0 aliphatic carbocycles. The van der Waals surface area contributed by atoms with E-state index in [4.69, 9.17) is 9.47 Å². The van der Waals surface area contributed by atoms with Gasteiger partial charge in [0.15, 0.2) is 0 Å². The topological polar surface area (TPSA) is 31.4 Å². The van der Waals surface area contributed by atoms with E-state index in [9.17, 15) is 0 Å². The average molecular weight is 179 g/mol. The molecule has 1 fully saturated rings. The lowest BCUT2D eigenvalue weighted by Crippen LogP contribution is -2.24. The van der Waals surface area contributed by atoms with Crippen LogP contribution in [0.2, 0.25) is 0 Å². The minimum absolute atomic E-state index is 0.633. The summed E-state index contributed by atoms with van der Waals surface area (Å²) in [5.41, 5.74) is 1.84. The molecular weight excluding hydrogens is 166 g/mol. The molecule has 0 bridgehead atoms. The first-order valence-corrected chi connectivity index (χ1v) is 4.43. The summed E-state index contributed by atoms with van der Waals surface area (Å²) in [6.07, 6.45) is 0. The van der Waals surface area contributed by atoms with Crippen molar-refractivity contribution in [3.05, 3.63) is 29.6 Å². The molecule has 1 aliphatic rings. The number of pyridine rings is 1. The molecule has 2 rings (SSSR count). The Labute approximate surface area is 77.7 Å². The van der Waals surface area contributed by atoms with Gasteiger partial charge in [-0.15, -0.1) is 0 Å². The van der Waals surface area contributed by atoms with Gasteiger partial charge in [-0.2, -0.15) is 0 Å². The molecule has 1 aromatic rings. The van der Waals surface area contributed by atoms with Gasteiger partial charge in [0, 0.05) is 5.69 Å². The van der Waals surface area contributed by atoms with Gasteiger partial charge >= 0.3 is 0 Å². The quantitative estimate of drug-likeness (QED) is 0.656. The van der Waals surface area contributed by atoms with Crippen molar-refractivity contribution in [1.29, 1.82) is 0 Å². The van der Waals surface area contributed by atoms with Crippen molar-refractivity contribution < 1.29 is 9.47 Å². The number of rotatable bonds is 1. The maximum atomic E-state index is 5.50. The Hall–Kier alpha value is -0.930. The number of aromatic nitrogens is 1. The molecular formula is C10H13NO2. The summed E-state index contributed by atoms with van der Waals surface area (Å²) in [4.78, 5) is 4.38. The second kappa shape index (κ2) is 3.09. The van der Waals surface area contributed by atoms with E-state index in [-0.39, 0.29) is 0 Å². The zero-order chi connectivity index (χ0) is 9.31. The van der Waals surface area contributed by atoms with Gasteiger partial charge in [-0.3, -0.25) is 4.98 Å². The number of ether oxygens (including phenoxy) is 2. The predicted molar refractivity (Wildman–Crippen MR) is 48.2 cm³/mol. The maximum absolute atomic E-state index is 5.50. The number of aryl methyl sites for hydroxylation is 1. The summed E-state index contributed by atoms with van der Waals surface area (Å²) in [6.45, 7) is 5.15. The number of hydrogen-bond donors (Lipinski definition) is 0. The first-order valence-electron chi connectivity index (χ1n) is 4.43. The van der Waals surface area contributed by atoms with Crippen LogP contribution in [0.3, 0.4) is 0 Å². The Morgan fingerprint density at radius 3 is 2.62 bits per heavy atom. The van der Waals surface area contributed by atoms with Gasteiger partial charge in [0.2, 0.25) is 5.79 Å². The molecule has 0 atom stereocenters. The third-order valence-corrected chi connectivity index (χ3v) is 2.19. The minimum Gasteiger partial charge on any atom is -0.342 e. The van der Waals surface area contributed by atoms with E-state index in [2.05, 4.69) is 4.98 Å². The first kappa shape index (κ1) is 8.66. The van der Waals surface area contributed by atoms with Crippen molar-refractivity contribution >= 4 is 0 Å². The van der Waals surface area contributed by atoms with E-state index in [1.165, 1.54) is 0 Å². The van der Waals surface area contributed by atoms with Crippen LogP contribution in [0.15, 0.2) is 18.2 Å². The summed E-state index contributed by atoms with van der Waals surface area (Å²) in [7, 11) is 0. The van der Waals surface area contributed by atoms with Crippen molar-refractivity contribution in [2.75, 3.05) is 13.2 Å².